The molecule has 0 unspecified atom stereocenters. The molecule has 114 valence electrons. The van der Waals surface area contributed by atoms with Gasteiger partial charge in [-0.2, -0.15) is 0 Å². The maximum absolute atomic E-state index is 13.6. The third-order valence-corrected chi connectivity index (χ3v) is 3.66. The number of halogens is 2. The number of aromatic nitrogens is 1. The van der Waals surface area contributed by atoms with Crippen LogP contribution in [-0.4, -0.2) is 29.4 Å². The molecular weight excluding hydrogens is 347 g/mol. The minimum atomic E-state index is -0.358. The molecule has 22 heavy (non-hydrogen) atoms. The van der Waals surface area contributed by atoms with E-state index in [0.29, 0.717) is 18.5 Å². The molecule has 1 aromatic heterocycles. The maximum Gasteiger partial charge on any atom is 0.246 e. The number of carbonyl (C=O) groups excluding carboxylic acids is 1. The van der Waals surface area contributed by atoms with Crippen molar-refractivity contribution >= 4 is 27.9 Å². The van der Waals surface area contributed by atoms with Gasteiger partial charge in [-0.25, -0.2) is 4.39 Å². The molecule has 2 rings (SSSR count). The lowest BCUT2D eigenvalue weighted by Gasteiger charge is -2.14. The van der Waals surface area contributed by atoms with E-state index in [1.54, 1.807) is 30.3 Å². The summed E-state index contributed by atoms with van der Waals surface area (Å²) >= 11 is 3.28. The molecule has 1 amide bonds. The van der Waals surface area contributed by atoms with Crippen molar-refractivity contribution in [2.45, 2.75) is 6.42 Å². The van der Waals surface area contributed by atoms with Crippen LogP contribution in [0.15, 0.2) is 53.1 Å². The number of amides is 1. The molecule has 0 N–H and O–H groups in total. The van der Waals surface area contributed by atoms with Crippen LogP contribution in [0.1, 0.15) is 11.3 Å². The van der Waals surface area contributed by atoms with Gasteiger partial charge in [0, 0.05) is 48.0 Å². The van der Waals surface area contributed by atoms with Crippen molar-refractivity contribution in [1.29, 1.82) is 0 Å². The first kappa shape index (κ1) is 16.4. The van der Waals surface area contributed by atoms with Gasteiger partial charge in [-0.05, 0) is 36.4 Å². The summed E-state index contributed by atoms with van der Waals surface area (Å²) in [5.41, 5.74) is 1.31. The third kappa shape index (κ3) is 4.77. The van der Waals surface area contributed by atoms with E-state index in [0.717, 1.165) is 10.2 Å². The Morgan fingerprint density at radius 3 is 2.91 bits per heavy atom. The molecule has 0 spiro atoms. The molecule has 5 heteroatoms. The first-order valence-corrected chi connectivity index (χ1v) is 7.63. The van der Waals surface area contributed by atoms with E-state index >= 15 is 0 Å². The molecule has 0 aliphatic rings. The minimum Gasteiger partial charge on any atom is -0.342 e. The number of rotatable bonds is 5. The number of hydrogen-bond acceptors (Lipinski definition) is 2. The van der Waals surface area contributed by atoms with E-state index in [1.165, 1.54) is 18.2 Å². The Hall–Kier alpha value is -2.01. The number of likely N-dealkylation sites (N-methyl/N-ethyl adjacent to an activating group) is 1. The highest BCUT2D eigenvalue weighted by molar-refractivity contribution is 9.10. The van der Waals surface area contributed by atoms with Crippen LogP contribution in [0.25, 0.3) is 6.08 Å². The summed E-state index contributed by atoms with van der Waals surface area (Å²) in [5.74, 6) is -0.529. The van der Waals surface area contributed by atoms with Crippen LogP contribution in [0, 0.1) is 5.82 Å². The van der Waals surface area contributed by atoms with E-state index in [4.69, 9.17) is 0 Å². The summed E-state index contributed by atoms with van der Waals surface area (Å²) in [5, 5.41) is 0. The zero-order chi connectivity index (χ0) is 15.9. The lowest BCUT2D eigenvalue weighted by molar-refractivity contribution is -0.124. The van der Waals surface area contributed by atoms with Crippen LogP contribution in [0.4, 0.5) is 4.39 Å². The van der Waals surface area contributed by atoms with Crippen molar-refractivity contribution in [3.63, 3.8) is 0 Å². The van der Waals surface area contributed by atoms with Gasteiger partial charge in [0.25, 0.3) is 0 Å². The van der Waals surface area contributed by atoms with Gasteiger partial charge in [-0.3, -0.25) is 9.78 Å². The third-order valence-electron chi connectivity index (χ3n) is 3.17. The quantitative estimate of drug-likeness (QED) is 0.759. The first-order chi connectivity index (χ1) is 10.6. The highest BCUT2D eigenvalue weighted by Crippen LogP contribution is 2.16. The standard InChI is InChI=1S/C17H16BrFN2O/c1-21(11-9-15-4-2-3-10-20-15)17(22)8-5-13-12-14(18)6-7-16(13)19/h2-8,10,12H,9,11H2,1H3. The SMILES string of the molecule is CN(CCc1ccccn1)C(=O)C=Cc1cc(Br)ccc1F. The average molecular weight is 363 g/mol. The molecule has 3 nitrogen and oxygen atoms in total. The fourth-order valence-electron chi connectivity index (χ4n) is 1.87. The number of nitrogens with zero attached hydrogens (tertiary/aromatic N) is 2. The van der Waals surface area contributed by atoms with Crippen LogP contribution in [0.2, 0.25) is 0 Å². The summed E-state index contributed by atoms with van der Waals surface area (Å²) in [6.45, 7) is 0.557. The van der Waals surface area contributed by atoms with E-state index in [9.17, 15) is 9.18 Å². The molecule has 0 atom stereocenters. The summed E-state index contributed by atoms with van der Waals surface area (Å²) in [7, 11) is 1.72. The van der Waals surface area contributed by atoms with E-state index in [2.05, 4.69) is 20.9 Å². The Morgan fingerprint density at radius 1 is 1.36 bits per heavy atom. The highest BCUT2D eigenvalue weighted by atomic mass is 79.9. The van der Waals surface area contributed by atoms with E-state index < -0.39 is 0 Å². The van der Waals surface area contributed by atoms with Gasteiger partial charge in [0.15, 0.2) is 0 Å². The van der Waals surface area contributed by atoms with Gasteiger partial charge in [0.1, 0.15) is 5.82 Å². The van der Waals surface area contributed by atoms with E-state index in [1.807, 2.05) is 18.2 Å². The smallest absolute Gasteiger partial charge is 0.246 e. The predicted molar refractivity (Wildman–Crippen MR) is 88.7 cm³/mol. The Morgan fingerprint density at radius 2 is 2.18 bits per heavy atom. The molecule has 0 aliphatic carbocycles. The Labute approximate surface area is 137 Å². The lowest BCUT2D eigenvalue weighted by Crippen LogP contribution is -2.27. The molecule has 0 bridgehead atoms. The van der Waals surface area contributed by atoms with Gasteiger partial charge < -0.3 is 4.90 Å². The largest absolute Gasteiger partial charge is 0.342 e. The van der Waals surface area contributed by atoms with Gasteiger partial charge >= 0.3 is 0 Å². The molecular formula is C17H16BrFN2O. The van der Waals surface area contributed by atoms with Crippen molar-refractivity contribution in [3.05, 3.63) is 70.2 Å². The summed E-state index contributed by atoms with van der Waals surface area (Å²) in [4.78, 5) is 17.8. The van der Waals surface area contributed by atoms with Crippen molar-refractivity contribution in [3.8, 4) is 0 Å². The highest BCUT2D eigenvalue weighted by Gasteiger charge is 2.06. The van der Waals surface area contributed by atoms with Crippen LogP contribution >= 0.6 is 15.9 Å². The van der Waals surface area contributed by atoms with Crippen molar-refractivity contribution in [1.82, 2.24) is 9.88 Å². The Bertz CT molecular complexity index is 674. The molecule has 1 heterocycles. The minimum absolute atomic E-state index is 0.171. The number of carbonyl (C=O) groups is 1. The number of pyridine rings is 1. The average Bonchev–Trinajstić information content (AvgIpc) is 2.54. The van der Waals surface area contributed by atoms with Gasteiger partial charge in [-0.15, -0.1) is 0 Å². The molecule has 0 fully saturated rings. The second-order valence-electron chi connectivity index (χ2n) is 4.83. The summed E-state index contributed by atoms with van der Waals surface area (Å²) in [6.07, 6.45) is 5.28. The second kappa shape index (κ2) is 7.84. The van der Waals surface area contributed by atoms with Crippen LogP contribution < -0.4 is 0 Å². The zero-order valence-electron chi connectivity index (χ0n) is 12.2. The maximum atomic E-state index is 13.6. The Balaban J connectivity index is 1.93. The molecule has 1 aromatic carbocycles. The monoisotopic (exact) mass is 362 g/mol. The van der Waals surface area contributed by atoms with E-state index in [-0.39, 0.29) is 11.7 Å². The van der Waals surface area contributed by atoms with Gasteiger partial charge in [0.05, 0.1) is 0 Å². The summed E-state index contributed by atoms with van der Waals surface area (Å²) in [6, 6.07) is 10.3. The van der Waals surface area contributed by atoms with Crippen LogP contribution in [0.5, 0.6) is 0 Å². The fourth-order valence-corrected chi connectivity index (χ4v) is 2.25. The number of benzene rings is 1. The fraction of sp³-hybridized carbons (Fsp3) is 0.176. The number of hydrogen-bond donors (Lipinski definition) is 0. The Kier molecular flexibility index (Phi) is 5.83. The van der Waals surface area contributed by atoms with Gasteiger partial charge in [-0.1, -0.05) is 22.0 Å². The molecule has 0 saturated carbocycles. The molecule has 0 saturated heterocycles. The zero-order valence-corrected chi connectivity index (χ0v) is 13.8. The normalized spacial score (nSPS) is 10.9. The second-order valence-corrected chi connectivity index (χ2v) is 5.75. The van der Waals surface area contributed by atoms with Crippen LogP contribution in [0.3, 0.4) is 0 Å². The van der Waals surface area contributed by atoms with Crippen molar-refractivity contribution in [2.24, 2.45) is 0 Å². The molecule has 0 radical (unpaired) electrons. The topological polar surface area (TPSA) is 33.2 Å². The van der Waals surface area contributed by atoms with Gasteiger partial charge in [0.2, 0.25) is 5.91 Å². The predicted octanol–water partition coefficient (Wildman–Crippen LogP) is 3.70. The molecule has 0 aliphatic heterocycles. The lowest BCUT2D eigenvalue weighted by atomic mass is 10.2. The van der Waals surface area contributed by atoms with Crippen molar-refractivity contribution < 1.29 is 9.18 Å². The van der Waals surface area contributed by atoms with Crippen molar-refractivity contribution in [2.75, 3.05) is 13.6 Å². The summed E-state index contributed by atoms with van der Waals surface area (Å²) < 4.78 is 14.4. The van der Waals surface area contributed by atoms with Crippen LogP contribution in [-0.2, 0) is 11.2 Å². The molecule has 2 aromatic rings. The first-order valence-electron chi connectivity index (χ1n) is 6.84.